The third kappa shape index (κ3) is 4.42. The number of fused-ring (bicyclic) bond motifs is 3. The molecule has 3 aliphatic rings. The maximum absolute atomic E-state index is 14.4. The third-order valence-corrected chi connectivity index (χ3v) is 10.0. The lowest BCUT2D eigenvalue weighted by Crippen LogP contribution is -2.49. The Labute approximate surface area is 234 Å². The van der Waals surface area contributed by atoms with Gasteiger partial charge in [-0.25, -0.2) is 9.37 Å². The van der Waals surface area contributed by atoms with Crippen LogP contribution in [0.4, 0.5) is 4.39 Å². The number of halogens is 1. The predicted octanol–water partition coefficient (Wildman–Crippen LogP) is 5.64. The number of amides is 1. The number of nitrogens with zero attached hydrogens (tertiary/aromatic N) is 5. The highest BCUT2D eigenvalue weighted by Crippen LogP contribution is 2.45. The number of carbonyl (C=O) groups is 1. The number of imidazole rings is 1. The van der Waals surface area contributed by atoms with E-state index in [1.165, 1.54) is 24.4 Å². The Balaban J connectivity index is 1.08. The summed E-state index contributed by atoms with van der Waals surface area (Å²) in [7, 11) is 0. The van der Waals surface area contributed by atoms with Crippen LogP contribution in [0, 0.1) is 12.7 Å². The second kappa shape index (κ2) is 10.1. The Morgan fingerprint density at radius 2 is 1.82 bits per heavy atom. The Kier molecular flexibility index (Phi) is 6.45. The molecule has 1 amide bonds. The fourth-order valence-electron chi connectivity index (χ4n) is 7.98. The quantitative estimate of drug-likeness (QED) is 0.344. The average molecular weight is 541 g/mol. The number of piperidine rings is 2. The Morgan fingerprint density at radius 3 is 2.55 bits per heavy atom. The highest BCUT2D eigenvalue weighted by molar-refractivity contribution is 5.93. The first-order chi connectivity index (χ1) is 19.5. The summed E-state index contributed by atoms with van der Waals surface area (Å²) in [6.07, 6.45) is 10.7. The molecule has 5 heterocycles. The van der Waals surface area contributed by atoms with Gasteiger partial charge in [-0.2, -0.15) is 5.10 Å². The molecular formula is C32H37FN6O. The standard InChI is InChI=1S/C32H37FN6O/c1-22-36-29-7-2-3-8-30(29)39(22)28-18-26-9-10-27(19-28)38(26)16-13-32(24-5-4-6-25(33)17-24)11-14-37(15-12-32)31(40)23-20-34-35-21-23/h2-8,17,20-21,26-28H,9-16,18-19H2,1H3,(H,34,35). The largest absolute Gasteiger partial charge is 0.338 e. The molecule has 0 spiro atoms. The number of carbonyl (C=O) groups excluding carboxylic acids is 1. The summed E-state index contributed by atoms with van der Waals surface area (Å²) in [5, 5.41) is 6.68. The molecule has 7 rings (SSSR count). The molecule has 7 nitrogen and oxygen atoms in total. The van der Waals surface area contributed by atoms with Gasteiger partial charge < -0.3 is 9.47 Å². The topological polar surface area (TPSA) is 70.1 Å². The van der Waals surface area contributed by atoms with Gasteiger partial charge in [0.15, 0.2) is 0 Å². The number of likely N-dealkylation sites (tertiary alicyclic amines) is 1. The van der Waals surface area contributed by atoms with Crippen molar-refractivity contribution >= 4 is 16.9 Å². The first-order valence-corrected chi connectivity index (χ1v) is 14.7. The molecule has 2 unspecified atom stereocenters. The molecule has 0 saturated carbocycles. The Morgan fingerprint density at radius 1 is 1.05 bits per heavy atom. The van der Waals surface area contributed by atoms with Crippen molar-refractivity contribution in [2.75, 3.05) is 19.6 Å². The maximum atomic E-state index is 14.4. The second-order valence-electron chi connectivity index (χ2n) is 12.1. The molecule has 208 valence electrons. The van der Waals surface area contributed by atoms with Crippen LogP contribution >= 0.6 is 0 Å². The van der Waals surface area contributed by atoms with E-state index in [0.717, 1.165) is 55.6 Å². The van der Waals surface area contributed by atoms with Crippen LogP contribution < -0.4 is 0 Å². The van der Waals surface area contributed by atoms with Gasteiger partial charge >= 0.3 is 0 Å². The predicted molar refractivity (Wildman–Crippen MR) is 153 cm³/mol. The fraction of sp³-hybridized carbons (Fsp3) is 0.469. The van der Waals surface area contributed by atoms with Gasteiger partial charge in [0, 0.05) is 37.4 Å². The number of para-hydroxylation sites is 2. The molecule has 2 aromatic heterocycles. The normalized spacial score (nSPS) is 24.6. The minimum atomic E-state index is -0.183. The molecule has 4 aromatic rings. The fourth-order valence-corrected chi connectivity index (χ4v) is 7.98. The number of aromatic amines is 1. The monoisotopic (exact) mass is 540 g/mol. The highest BCUT2D eigenvalue weighted by Gasteiger charge is 2.44. The summed E-state index contributed by atoms with van der Waals surface area (Å²) in [5.41, 5.74) is 3.87. The van der Waals surface area contributed by atoms with Crippen LogP contribution in [0.2, 0.25) is 0 Å². The molecule has 2 atom stereocenters. The lowest BCUT2D eigenvalue weighted by molar-refractivity contribution is 0.0606. The average Bonchev–Trinajstić information content (AvgIpc) is 3.68. The number of hydrogen-bond acceptors (Lipinski definition) is 4. The van der Waals surface area contributed by atoms with Gasteiger partial charge in [-0.1, -0.05) is 24.3 Å². The molecular weight excluding hydrogens is 503 g/mol. The van der Waals surface area contributed by atoms with E-state index in [1.807, 2.05) is 11.0 Å². The summed E-state index contributed by atoms with van der Waals surface area (Å²) in [4.78, 5) is 22.5. The van der Waals surface area contributed by atoms with E-state index in [-0.39, 0.29) is 17.1 Å². The minimum Gasteiger partial charge on any atom is -0.338 e. The molecule has 8 heteroatoms. The smallest absolute Gasteiger partial charge is 0.257 e. The molecule has 3 saturated heterocycles. The van der Waals surface area contributed by atoms with E-state index in [4.69, 9.17) is 4.98 Å². The SMILES string of the molecule is Cc1nc2ccccc2n1C1CC2CCC(C1)N2CCC1(c2cccc(F)c2)CCN(C(=O)c2cn[nH]c2)CC1. The second-order valence-corrected chi connectivity index (χ2v) is 12.1. The van der Waals surface area contributed by atoms with Crippen LogP contribution in [0.1, 0.15) is 72.7 Å². The van der Waals surface area contributed by atoms with Gasteiger partial charge in [0.05, 0.1) is 22.8 Å². The van der Waals surface area contributed by atoms with E-state index in [2.05, 4.69) is 56.9 Å². The molecule has 3 fully saturated rings. The van der Waals surface area contributed by atoms with E-state index >= 15 is 0 Å². The van der Waals surface area contributed by atoms with E-state index < -0.39 is 0 Å². The van der Waals surface area contributed by atoms with Gasteiger partial charge in [0.25, 0.3) is 5.91 Å². The first-order valence-electron chi connectivity index (χ1n) is 14.7. The van der Waals surface area contributed by atoms with Gasteiger partial charge in [-0.3, -0.25) is 14.8 Å². The van der Waals surface area contributed by atoms with Crippen molar-refractivity contribution in [3.05, 3.63) is 83.7 Å². The molecule has 2 bridgehead atoms. The van der Waals surface area contributed by atoms with Crippen LogP contribution in [-0.2, 0) is 5.41 Å². The minimum absolute atomic E-state index is 0.0176. The summed E-state index contributed by atoms with van der Waals surface area (Å²) in [5.74, 6) is 0.947. The van der Waals surface area contributed by atoms with E-state index in [0.29, 0.717) is 36.8 Å². The van der Waals surface area contributed by atoms with Crippen molar-refractivity contribution in [2.45, 2.75) is 75.4 Å². The van der Waals surface area contributed by atoms with Crippen molar-refractivity contribution in [2.24, 2.45) is 0 Å². The highest BCUT2D eigenvalue weighted by atomic mass is 19.1. The van der Waals surface area contributed by atoms with Crippen molar-refractivity contribution in [3.63, 3.8) is 0 Å². The van der Waals surface area contributed by atoms with Gasteiger partial charge in [-0.05, 0) is 93.7 Å². The number of rotatable bonds is 6. The molecule has 40 heavy (non-hydrogen) atoms. The van der Waals surface area contributed by atoms with Crippen LogP contribution in [0.5, 0.6) is 0 Å². The van der Waals surface area contributed by atoms with E-state index in [1.54, 1.807) is 18.5 Å². The third-order valence-electron chi connectivity index (χ3n) is 10.0. The van der Waals surface area contributed by atoms with Crippen molar-refractivity contribution < 1.29 is 9.18 Å². The summed E-state index contributed by atoms with van der Waals surface area (Å²) in [6.45, 7) is 4.49. The van der Waals surface area contributed by atoms with Gasteiger partial charge in [-0.15, -0.1) is 0 Å². The first kappa shape index (κ1) is 25.4. The zero-order valence-corrected chi connectivity index (χ0v) is 23.1. The number of hydrogen-bond donors (Lipinski definition) is 1. The Bertz CT molecular complexity index is 1490. The zero-order valence-electron chi connectivity index (χ0n) is 23.1. The van der Waals surface area contributed by atoms with Crippen molar-refractivity contribution in [1.29, 1.82) is 0 Å². The summed E-state index contributed by atoms with van der Waals surface area (Å²) < 4.78 is 16.9. The number of nitrogens with one attached hydrogen (secondary N) is 1. The lowest BCUT2D eigenvalue weighted by atomic mass is 9.70. The lowest BCUT2D eigenvalue weighted by Gasteiger charge is -2.45. The number of aryl methyl sites for hydroxylation is 1. The van der Waals surface area contributed by atoms with Crippen LogP contribution in [0.15, 0.2) is 60.9 Å². The molecule has 3 aliphatic heterocycles. The molecule has 0 radical (unpaired) electrons. The molecule has 1 N–H and O–H groups in total. The van der Waals surface area contributed by atoms with Crippen LogP contribution in [0.25, 0.3) is 11.0 Å². The van der Waals surface area contributed by atoms with Crippen LogP contribution in [-0.4, -0.2) is 67.2 Å². The van der Waals surface area contributed by atoms with Crippen molar-refractivity contribution in [3.8, 4) is 0 Å². The number of aromatic nitrogens is 4. The van der Waals surface area contributed by atoms with Crippen molar-refractivity contribution in [1.82, 2.24) is 29.5 Å². The van der Waals surface area contributed by atoms with Crippen LogP contribution in [0.3, 0.4) is 0 Å². The maximum Gasteiger partial charge on any atom is 0.257 e. The molecule has 2 aromatic carbocycles. The van der Waals surface area contributed by atoms with Gasteiger partial charge in [0.1, 0.15) is 11.6 Å². The van der Waals surface area contributed by atoms with Gasteiger partial charge in [0.2, 0.25) is 0 Å². The number of H-pyrrole nitrogens is 1. The number of benzene rings is 2. The summed E-state index contributed by atoms with van der Waals surface area (Å²) in [6, 6.07) is 17.3. The Hall–Kier alpha value is -3.52. The molecule has 0 aliphatic carbocycles. The summed E-state index contributed by atoms with van der Waals surface area (Å²) >= 11 is 0. The zero-order chi connectivity index (χ0) is 27.3. The van der Waals surface area contributed by atoms with E-state index in [9.17, 15) is 9.18 Å².